The summed E-state index contributed by atoms with van der Waals surface area (Å²) in [5.41, 5.74) is 0. The number of hydrogen-bond donors (Lipinski definition) is 1. The van der Waals surface area contributed by atoms with Crippen molar-refractivity contribution in [3.05, 3.63) is 0 Å². The van der Waals surface area contributed by atoms with Crippen molar-refractivity contribution in [2.24, 2.45) is 0 Å². The second-order valence-corrected chi connectivity index (χ2v) is 2.90. The molecule has 1 aliphatic heterocycles. The molecule has 0 aliphatic carbocycles. The molecule has 12 heavy (non-hydrogen) atoms. The molecule has 1 N–H and O–H groups in total. The van der Waals surface area contributed by atoms with Crippen molar-refractivity contribution in [3.8, 4) is 6.07 Å². The van der Waals surface area contributed by atoms with Crippen LogP contribution in [0.15, 0.2) is 0 Å². The molecule has 0 saturated carbocycles. The summed E-state index contributed by atoms with van der Waals surface area (Å²) in [6.07, 6.45) is 1.71. The smallest absolute Gasteiger partial charge is 0.237 e. The lowest BCUT2D eigenvalue weighted by Crippen LogP contribution is -2.37. The van der Waals surface area contributed by atoms with Gasteiger partial charge in [0.2, 0.25) is 5.91 Å². The molecular formula is C8H12N2O2. The number of aliphatic hydroxyl groups excluding tert-OH is 1. The van der Waals surface area contributed by atoms with E-state index in [2.05, 4.69) is 0 Å². The van der Waals surface area contributed by atoms with Crippen LogP contribution in [-0.2, 0) is 4.79 Å². The lowest BCUT2D eigenvalue weighted by molar-refractivity contribution is -0.131. The van der Waals surface area contributed by atoms with E-state index in [4.69, 9.17) is 10.4 Å². The van der Waals surface area contributed by atoms with Crippen LogP contribution in [-0.4, -0.2) is 35.1 Å². The summed E-state index contributed by atoms with van der Waals surface area (Å²) in [4.78, 5) is 12.8. The molecule has 1 rings (SSSR count). The van der Waals surface area contributed by atoms with Crippen molar-refractivity contribution in [1.29, 1.82) is 5.26 Å². The normalized spacial score (nSPS) is 22.3. The maximum absolute atomic E-state index is 11.2. The first-order chi connectivity index (χ1) is 5.79. The molecule has 1 amide bonds. The third-order valence-electron chi connectivity index (χ3n) is 2.14. The molecule has 1 fully saturated rings. The Labute approximate surface area is 71.4 Å². The van der Waals surface area contributed by atoms with Crippen molar-refractivity contribution in [1.82, 2.24) is 4.90 Å². The molecule has 1 aliphatic rings. The summed E-state index contributed by atoms with van der Waals surface area (Å²) < 4.78 is 0. The Hall–Kier alpha value is -1.08. The first kappa shape index (κ1) is 9.01. The van der Waals surface area contributed by atoms with Crippen molar-refractivity contribution in [2.75, 3.05) is 13.2 Å². The molecule has 0 aromatic rings. The highest BCUT2D eigenvalue weighted by Crippen LogP contribution is 2.17. The Kier molecular flexibility index (Phi) is 3.06. The van der Waals surface area contributed by atoms with E-state index in [1.165, 1.54) is 0 Å². The fourth-order valence-electron chi connectivity index (χ4n) is 1.52. The van der Waals surface area contributed by atoms with Gasteiger partial charge in [-0.1, -0.05) is 0 Å². The number of nitrogens with zero attached hydrogens (tertiary/aromatic N) is 2. The highest BCUT2D eigenvalue weighted by molar-refractivity contribution is 5.78. The molecule has 0 aromatic heterocycles. The molecule has 0 spiro atoms. The summed E-state index contributed by atoms with van der Waals surface area (Å²) >= 11 is 0. The molecule has 1 saturated heterocycles. The van der Waals surface area contributed by atoms with Gasteiger partial charge in [0.25, 0.3) is 0 Å². The van der Waals surface area contributed by atoms with Gasteiger partial charge in [-0.15, -0.1) is 0 Å². The van der Waals surface area contributed by atoms with E-state index in [1.54, 1.807) is 4.90 Å². The van der Waals surface area contributed by atoms with E-state index in [9.17, 15) is 4.79 Å². The maximum Gasteiger partial charge on any atom is 0.237 e. The molecule has 1 heterocycles. The van der Waals surface area contributed by atoms with Gasteiger partial charge in [0.1, 0.15) is 6.42 Å². The van der Waals surface area contributed by atoms with Crippen molar-refractivity contribution in [3.63, 3.8) is 0 Å². The van der Waals surface area contributed by atoms with Crippen LogP contribution in [0, 0.1) is 11.3 Å². The molecule has 0 radical (unpaired) electrons. The minimum Gasteiger partial charge on any atom is -0.394 e. The molecule has 0 aromatic carbocycles. The van der Waals surface area contributed by atoms with Gasteiger partial charge in [-0.05, 0) is 12.8 Å². The van der Waals surface area contributed by atoms with Gasteiger partial charge in [-0.2, -0.15) is 5.26 Å². The molecule has 1 unspecified atom stereocenters. The summed E-state index contributed by atoms with van der Waals surface area (Å²) in [6.45, 7) is 0.697. The number of nitriles is 1. The molecular weight excluding hydrogens is 156 g/mol. The van der Waals surface area contributed by atoms with Gasteiger partial charge < -0.3 is 10.0 Å². The molecule has 66 valence electrons. The Bertz CT molecular complexity index is 210. The van der Waals surface area contributed by atoms with Crippen LogP contribution < -0.4 is 0 Å². The summed E-state index contributed by atoms with van der Waals surface area (Å²) in [6, 6.07) is 1.77. The number of carbonyl (C=O) groups is 1. The van der Waals surface area contributed by atoms with Crippen molar-refractivity contribution in [2.45, 2.75) is 25.3 Å². The standard InChI is InChI=1S/C8H12N2O2/c9-4-3-8(12)10-5-1-2-7(10)6-11/h7,11H,1-3,5-6H2. The van der Waals surface area contributed by atoms with Crippen LogP contribution >= 0.6 is 0 Å². The lowest BCUT2D eigenvalue weighted by Gasteiger charge is -2.21. The van der Waals surface area contributed by atoms with Crippen LogP contribution in [0.1, 0.15) is 19.3 Å². The zero-order valence-corrected chi connectivity index (χ0v) is 6.86. The second kappa shape index (κ2) is 4.07. The van der Waals surface area contributed by atoms with Crippen LogP contribution in [0.25, 0.3) is 0 Å². The SMILES string of the molecule is N#CCC(=O)N1CCCC1CO. The fraction of sp³-hybridized carbons (Fsp3) is 0.750. The van der Waals surface area contributed by atoms with E-state index in [-0.39, 0.29) is 25.0 Å². The van der Waals surface area contributed by atoms with Crippen LogP contribution in [0.4, 0.5) is 0 Å². The number of carbonyl (C=O) groups excluding carboxylic acids is 1. The maximum atomic E-state index is 11.2. The Morgan fingerprint density at radius 2 is 2.50 bits per heavy atom. The van der Waals surface area contributed by atoms with Gasteiger partial charge in [0.15, 0.2) is 0 Å². The fourth-order valence-corrected chi connectivity index (χ4v) is 1.52. The predicted molar refractivity (Wildman–Crippen MR) is 42.1 cm³/mol. The van der Waals surface area contributed by atoms with Crippen LogP contribution in [0.5, 0.6) is 0 Å². The summed E-state index contributed by atoms with van der Waals surface area (Å²) in [7, 11) is 0. The van der Waals surface area contributed by atoms with E-state index < -0.39 is 0 Å². The Morgan fingerprint density at radius 3 is 3.08 bits per heavy atom. The summed E-state index contributed by atoms with van der Waals surface area (Å²) in [5, 5.41) is 17.2. The van der Waals surface area contributed by atoms with E-state index >= 15 is 0 Å². The summed E-state index contributed by atoms with van der Waals surface area (Å²) in [5.74, 6) is -0.158. The van der Waals surface area contributed by atoms with Crippen molar-refractivity contribution >= 4 is 5.91 Å². The molecule has 4 nitrogen and oxygen atoms in total. The zero-order chi connectivity index (χ0) is 8.97. The van der Waals surface area contributed by atoms with Gasteiger partial charge in [0.05, 0.1) is 18.7 Å². The zero-order valence-electron chi connectivity index (χ0n) is 6.86. The number of aliphatic hydroxyl groups is 1. The topological polar surface area (TPSA) is 64.3 Å². The number of likely N-dealkylation sites (tertiary alicyclic amines) is 1. The third-order valence-corrected chi connectivity index (χ3v) is 2.14. The highest BCUT2D eigenvalue weighted by Gasteiger charge is 2.27. The van der Waals surface area contributed by atoms with Gasteiger partial charge in [0, 0.05) is 6.54 Å². The lowest BCUT2D eigenvalue weighted by atomic mass is 10.2. The second-order valence-electron chi connectivity index (χ2n) is 2.90. The first-order valence-corrected chi connectivity index (χ1v) is 4.07. The monoisotopic (exact) mass is 168 g/mol. The van der Waals surface area contributed by atoms with Crippen LogP contribution in [0.2, 0.25) is 0 Å². The minimum absolute atomic E-state index is 0.0111. The van der Waals surface area contributed by atoms with E-state index in [0.29, 0.717) is 6.54 Å². The first-order valence-electron chi connectivity index (χ1n) is 4.07. The van der Waals surface area contributed by atoms with Gasteiger partial charge >= 0.3 is 0 Å². The minimum atomic E-state index is -0.158. The molecule has 0 bridgehead atoms. The van der Waals surface area contributed by atoms with Gasteiger partial charge in [-0.3, -0.25) is 4.79 Å². The average molecular weight is 168 g/mol. The van der Waals surface area contributed by atoms with E-state index in [1.807, 2.05) is 6.07 Å². The number of hydrogen-bond acceptors (Lipinski definition) is 3. The predicted octanol–water partition coefficient (Wildman–Crippen LogP) is -0.117. The van der Waals surface area contributed by atoms with Crippen LogP contribution in [0.3, 0.4) is 0 Å². The highest BCUT2D eigenvalue weighted by atomic mass is 16.3. The van der Waals surface area contributed by atoms with Gasteiger partial charge in [-0.25, -0.2) is 0 Å². The third kappa shape index (κ3) is 1.74. The van der Waals surface area contributed by atoms with E-state index in [0.717, 1.165) is 12.8 Å². The largest absolute Gasteiger partial charge is 0.394 e. The van der Waals surface area contributed by atoms with Crippen molar-refractivity contribution < 1.29 is 9.90 Å². The molecule has 1 atom stereocenters. The number of amides is 1. The quantitative estimate of drug-likeness (QED) is 0.625. The Balaban J connectivity index is 2.50. The molecule has 4 heteroatoms. The average Bonchev–Trinajstić information content (AvgIpc) is 2.51. The Morgan fingerprint density at radius 1 is 1.75 bits per heavy atom. The number of rotatable bonds is 2.